The normalized spacial score (nSPS) is 19.0. The number of benzene rings is 1. The Kier molecular flexibility index (Phi) is 3.63. The number of nitro groups is 1. The Balaban J connectivity index is 1.50. The fourth-order valence-corrected chi connectivity index (χ4v) is 3.15. The second-order valence-corrected chi connectivity index (χ2v) is 6.56. The molecule has 2 fully saturated rings. The Bertz CT molecular complexity index is 710. The van der Waals surface area contributed by atoms with E-state index in [-0.39, 0.29) is 24.4 Å². The van der Waals surface area contributed by atoms with Crippen LogP contribution in [0.5, 0.6) is 11.5 Å². The van der Waals surface area contributed by atoms with Crippen LogP contribution in [0, 0.1) is 22.0 Å². The van der Waals surface area contributed by atoms with Crippen molar-refractivity contribution in [1.29, 1.82) is 0 Å². The molecule has 24 heavy (non-hydrogen) atoms. The highest BCUT2D eigenvalue weighted by Crippen LogP contribution is 2.44. The molecule has 1 heterocycles. The molecule has 1 amide bonds. The monoisotopic (exact) mass is 330 g/mol. The molecule has 0 spiro atoms. The third-order valence-electron chi connectivity index (χ3n) is 4.70. The second-order valence-electron chi connectivity index (χ2n) is 6.56. The summed E-state index contributed by atoms with van der Waals surface area (Å²) in [5, 5.41) is 14.3. The maximum Gasteiger partial charge on any atom is 0.280 e. The summed E-state index contributed by atoms with van der Waals surface area (Å²) in [5.41, 5.74) is 0.220. The Morgan fingerprint density at radius 3 is 2.42 bits per heavy atom. The maximum atomic E-state index is 12.2. The largest absolute Gasteiger partial charge is 0.454 e. The summed E-state index contributed by atoms with van der Waals surface area (Å²) in [4.78, 5) is 22.9. The first-order valence-corrected chi connectivity index (χ1v) is 8.18. The van der Waals surface area contributed by atoms with E-state index in [1.54, 1.807) is 0 Å². The van der Waals surface area contributed by atoms with Crippen LogP contribution in [0.4, 0.5) is 5.69 Å². The summed E-state index contributed by atoms with van der Waals surface area (Å²) >= 11 is 0. The van der Waals surface area contributed by atoms with Gasteiger partial charge in [0.1, 0.15) is 0 Å². The molecule has 1 N–H and O–H groups in total. The molecule has 2 saturated carbocycles. The molecule has 7 heteroatoms. The maximum absolute atomic E-state index is 12.2. The third-order valence-corrected chi connectivity index (χ3v) is 4.70. The van der Waals surface area contributed by atoms with Crippen LogP contribution >= 0.6 is 0 Å². The number of hydrogen-bond acceptors (Lipinski definition) is 5. The molecule has 0 atom stereocenters. The second kappa shape index (κ2) is 5.81. The highest BCUT2D eigenvalue weighted by atomic mass is 16.7. The van der Waals surface area contributed by atoms with Crippen LogP contribution in [0.1, 0.15) is 31.2 Å². The average molecular weight is 330 g/mol. The molecule has 0 saturated heterocycles. The molecule has 1 aromatic carbocycles. The number of ether oxygens (including phenoxy) is 2. The number of amides is 1. The lowest BCUT2D eigenvalue weighted by Gasteiger charge is -2.16. The lowest BCUT2D eigenvalue weighted by Crippen LogP contribution is -2.37. The quantitative estimate of drug-likeness (QED) is 0.492. The van der Waals surface area contributed by atoms with Crippen molar-refractivity contribution >= 4 is 17.7 Å². The number of carbonyl (C=O) groups is 1. The summed E-state index contributed by atoms with van der Waals surface area (Å²) in [5.74, 6) is 1.82. The fourth-order valence-electron chi connectivity index (χ4n) is 3.15. The number of fused-ring (bicyclic) bond motifs is 1. The highest BCUT2D eigenvalue weighted by molar-refractivity contribution is 5.92. The van der Waals surface area contributed by atoms with Gasteiger partial charge in [0.2, 0.25) is 12.7 Å². The van der Waals surface area contributed by atoms with Gasteiger partial charge in [0.15, 0.2) is 11.5 Å². The van der Waals surface area contributed by atoms with Gasteiger partial charge in [0.25, 0.3) is 5.69 Å². The zero-order valence-corrected chi connectivity index (χ0v) is 13.1. The molecule has 2 aliphatic carbocycles. The van der Waals surface area contributed by atoms with E-state index in [0.717, 1.165) is 0 Å². The summed E-state index contributed by atoms with van der Waals surface area (Å²) < 4.78 is 10.4. The number of carbonyl (C=O) groups excluding carboxylic acids is 1. The molecular weight excluding hydrogens is 312 g/mol. The number of rotatable bonds is 6. The molecular formula is C17H18N2O5. The van der Waals surface area contributed by atoms with Crippen molar-refractivity contribution in [3.8, 4) is 11.5 Å². The van der Waals surface area contributed by atoms with Gasteiger partial charge in [-0.3, -0.25) is 14.9 Å². The van der Waals surface area contributed by atoms with E-state index < -0.39 is 4.92 Å². The predicted molar refractivity (Wildman–Crippen MR) is 85.6 cm³/mol. The van der Waals surface area contributed by atoms with Gasteiger partial charge in [-0.2, -0.15) is 0 Å². The van der Waals surface area contributed by atoms with E-state index in [9.17, 15) is 14.9 Å². The van der Waals surface area contributed by atoms with Crippen LogP contribution in [0.2, 0.25) is 0 Å². The first-order valence-electron chi connectivity index (χ1n) is 8.18. The fraction of sp³-hybridized carbons (Fsp3) is 0.471. The van der Waals surface area contributed by atoms with Gasteiger partial charge in [-0.1, -0.05) is 0 Å². The van der Waals surface area contributed by atoms with E-state index in [1.165, 1.54) is 50.0 Å². The third kappa shape index (κ3) is 3.06. The van der Waals surface area contributed by atoms with Gasteiger partial charge in [-0.05, 0) is 49.7 Å². The van der Waals surface area contributed by atoms with Gasteiger partial charge in [-0.15, -0.1) is 0 Å². The van der Waals surface area contributed by atoms with Crippen LogP contribution in [0.3, 0.4) is 0 Å². The number of nitrogens with zero attached hydrogens (tertiary/aromatic N) is 1. The average Bonchev–Trinajstić information content (AvgIpc) is 3.47. The Morgan fingerprint density at radius 1 is 1.21 bits per heavy atom. The highest BCUT2D eigenvalue weighted by Gasteiger charge is 2.41. The van der Waals surface area contributed by atoms with Crippen molar-refractivity contribution < 1.29 is 19.2 Å². The first kappa shape index (κ1) is 15.0. The van der Waals surface area contributed by atoms with E-state index in [4.69, 9.17) is 9.47 Å². The van der Waals surface area contributed by atoms with Gasteiger partial charge in [-0.25, -0.2) is 0 Å². The van der Waals surface area contributed by atoms with E-state index in [2.05, 4.69) is 5.32 Å². The molecule has 1 aromatic rings. The summed E-state index contributed by atoms with van der Waals surface area (Å²) in [6, 6.07) is 3.12. The number of nitrogens with one attached hydrogen (secondary N) is 1. The van der Waals surface area contributed by atoms with Crippen LogP contribution in [0.25, 0.3) is 6.08 Å². The van der Waals surface area contributed by atoms with Gasteiger partial charge in [0.05, 0.1) is 16.6 Å². The lowest BCUT2D eigenvalue weighted by atomic mass is 10.1. The van der Waals surface area contributed by atoms with Crippen LogP contribution < -0.4 is 14.8 Å². The molecule has 0 radical (unpaired) electrons. The molecule has 1 aliphatic heterocycles. The van der Waals surface area contributed by atoms with Gasteiger partial charge >= 0.3 is 0 Å². The number of nitro benzene ring substituents is 1. The molecule has 4 rings (SSSR count). The summed E-state index contributed by atoms with van der Waals surface area (Å²) in [6.07, 6.45) is 7.55. The van der Waals surface area contributed by atoms with Crippen LogP contribution in [-0.2, 0) is 4.79 Å². The Morgan fingerprint density at radius 2 is 1.83 bits per heavy atom. The topological polar surface area (TPSA) is 90.7 Å². The first-order chi connectivity index (χ1) is 11.6. The predicted octanol–water partition coefficient (Wildman–Crippen LogP) is 2.64. The zero-order chi connectivity index (χ0) is 16.7. The molecule has 126 valence electrons. The number of hydrogen-bond donors (Lipinski definition) is 1. The molecule has 0 aromatic heterocycles. The van der Waals surface area contributed by atoms with Crippen molar-refractivity contribution in [3.63, 3.8) is 0 Å². The Labute approximate surface area is 138 Å². The molecule has 7 nitrogen and oxygen atoms in total. The minimum atomic E-state index is -0.489. The SMILES string of the molecule is O=C(/C=C/c1cc2c(cc1[N+](=O)[O-])OCO2)NC(C1CC1)C1CC1. The van der Waals surface area contributed by atoms with Gasteiger partial charge in [0, 0.05) is 12.1 Å². The van der Waals surface area contributed by atoms with Crippen molar-refractivity contribution in [2.24, 2.45) is 11.8 Å². The molecule has 0 unspecified atom stereocenters. The van der Waals surface area contributed by atoms with Crippen LogP contribution in [-0.4, -0.2) is 23.7 Å². The van der Waals surface area contributed by atoms with E-state index in [0.29, 0.717) is 28.9 Å². The van der Waals surface area contributed by atoms with Crippen LogP contribution in [0.15, 0.2) is 18.2 Å². The smallest absolute Gasteiger partial charge is 0.280 e. The minimum absolute atomic E-state index is 0.0462. The van der Waals surface area contributed by atoms with E-state index in [1.807, 2.05) is 0 Å². The zero-order valence-electron chi connectivity index (χ0n) is 13.1. The van der Waals surface area contributed by atoms with Gasteiger partial charge < -0.3 is 14.8 Å². The molecule has 3 aliphatic rings. The minimum Gasteiger partial charge on any atom is -0.454 e. The van der Waals surface area contributed by atoms with Crippen molar-refractivity contribution in [2.75, 3.05) is 6.79 Å². The standard InChI is InChI=1S/C17H18N2O5/c20-16(18-17(10-1-2-10)11-3-4-11)6-5-12-7-14-15(24-9-23-14)8-13(12)19(21)22/h5-8,10-11,17H,1-4,9H2,(H,18,20)/b6-5+. The lowest BCUT2D eigenvalue weighted by molar-refractivity contribution is -0.385. The van der Waals surface area contributed by atoms with Crippen molar-refractivity contribution in [2.45, 2.75) is 31.7 Å². The van der Waals surface area contributed by atoms with Crippen molar-refractivity contribution in [1.82, 2.24) is 5.32 Å². The molecule has 0 bridgehead atoms. The summed E-state index contributed by atoms with van der Waals surface area (Å²) in [7, 11) is 0. The van der Waals surface area contributed by atoms with E-state index >= 15 is 0 Å². The van der Waals surface area contributed by atoms with Crippen molar-refractivity contribution in [3.05, 3.63) is 33.9 Å². The summed E-state index contributed by atoms with van der Waals surface area (Å²) in [6.45, 7) is 0.0462. The Hall–Kier alpha value is -2.57.